The number of Topliss-reactive ketones (excluding diaryl/α,β-unsaturated/α-hetero) is 1. The van der Waals surface area contributed by atoms with Gasteiger partial charge in [-0.05, 0) is 38.0 Å². The Bertz CT molecular complexity index is 1450. The Kier molecular flexibility index (Phi) is 5.59. The smallest absolute Gasteiger partial charge is 0.229 e. The summed E-state index contributed by atoms with van der Waals surface area (Å²) in [6.45, 7) is 3.40. The van der Waals surface area contributed by atoms with Crippen molar-refractivity contribution in [1.82, 2.24) is 29.2 Å². The quantitative estimate of drug-likeness (QED) is 0.340. The van der Waals surface area contributed by atoms with Crippen LogP contribution < -0.4 is 5.32 Å². The number of ketones is 1. The van der Waals surface area contributed by atoms with Crippen molar-refractivity contribution >= 4 is 28.3 Å². The van der Waals surface area contributed by atoms with Crippen LogP contribution in [0.5, 0.6) is 0 Å². The Morgan fingerprint density at radius 1 is 1.14 bits per heavy atom. The maximum atomic E-state index is 12.8. The van der Waals surface area contributed by atoms with E-state index in [1.165, 1.54) is 0 Å². The van der Waals surface area contributed by atoms with Crippen LogP contribution in [0.3, 0.4) is 0 Å². The van der Waals surface area contributed by atoms with Gasteiger partial charge in [-0.1, -0.05) is 0 Å². The predicted molar refractivity (Wildman–Crippen MR) is 134 cm³/mol. The largest absolute Gasteiger partial charge is 0.389 e. The summed E-state index contributed by atoms with van der Waals surface area (Å²) in [5.41, 5.74) is 4.45. The first kappa shape index (κ1) is 22.8. The van der Waals surface area contributed by atoms with E-state index in [1.54, 1.807) is 16.9 Å². The van der Waals surface area contributed by atoms with Gasteiger partial charge in [-0.25, -0.2) is 9.67 Å². The van der Waals surface area contributed by atoms with Crippen molar-refractivity contribution in [3.05, 3.63) is 59.7 Å². The molecule has 4 aromatic rings. The molecule has 0 bridgehead atoms. The highest BCUT2D eigenvalue weighted by molar-refractivity contribution is 6.10. The fraction of sp³-hybridized carbons (Fsp3) is 0.385. The highest BCUT2D eigenvalue weighted by Gasteiger charge is 2.32. The first-order valence-corrected chi connectivity index (χ1v) is 12.2. The van der Waals surface area contributed by atoms with Gasteiger partial charge in [0.25, 0.3) is 0 Å². The number of likely N-dealkylation sites (tertiary alicyclic amines) is 1. The van der Waals surface area contributed by atoms with Crippen molar-refractivity contribution in [3.8, 4) is 5.82 Å². The van der Waals surface area contributed by atoms with Gasteiger partial charge in [0.2, 0.25) is 5.95 Å². The van der Waals surface area contributed by atoms with E-state index < -0.39 is 12.2 Å². The van der Waals surface area contributed by atoms with Crippen LogP contribution in [-0.4, -0.2) is 70.5 Å². The Morgan fingerprint density at radius 3 is 2.67 bits per heavy atom. The van der Waals surface area contributed by atoms with Crippen LogP contribution in [0.2, 0.25) is 0 Å². The normalized spacial score (nSPS) is 20.3. The number of carbonyl (C=O) groups is 1. The predicted octanol–water partition coefficient (Wildman–Crippen LogP) is 2.34. The maximum Gasteiger partial charge on any atom is 0.229 e. The van der Waals surface area contributed by atoms with E-state index in [0.717, 1.165) is 46.3 Å². The lowest BCUT2D eigenvalue weighted by atomic mass is 10.1. The zero-order valence-electron chi connectivity index (χ0n) is 20.3. The monoisotopic (exact) mass is 487 g/mol. The molecule has 10 heteroatoms. The van der Waals surface area contributed by atoms with Crippen LogP contribution in [0.15, 0.2) is 42.9 Å². The molecule has 186 valence electrons. The Hall–Kier alpha value is -3.60. The number of rotatable bonds is 7. The molecule has 3 N–H and O–H groups in total. The molecule has 1 aliphatic carbocycles. The van der Waals surface area contributed by atoms with E-state index in [2.05, 4.69) is 20.4 Å². The number of aryl methyl sites for hydroxylation is 2. The second-order valence-electron chi connectivity index (χ2n) is 9.90. The van der Waals surface area contributed by atoms with Crippen LogP contribution >= 0.6 is 0 Å². The number of nitrogens with zero attached hydrogens (tertiary/aromatic N) is 6. The number of hydrogen-bond acceptors (Lipinski definition) is 8. The fourth-order valence-electron chi connectivity index (χ4n) is 4.88. The zero-order valence-corrected chi connectivity index (χ0v) is 20.3. The molecule has 2 atom stereocenters. The number of aromatic nitrogens is 5. The molecule has 2 fully saturated rings. The third kappa shape index (κ3) is 4.27. The van der Waals surface area contributed by atoms with Crippen molar-refractivity contribution in [1.29, 1.82) is 0 Å². The standard InChI is InChI=1S/C26H29N7O3/c1-15-17(10-32-13-22(34)23(35)14-32)11-33(30-15)24-7-8-27-26(29-24)28-18-5-6-21-19(9-18)20(12-31(21)2)25(36)16-3-4-16/h5-9,11-12,16,22-23,34-35H,3-4,10,13-14H2,1-2H3,(H,27,28,29)/t22-,23+. The number of carbonyl (C=O) groups excluding carboxylic acids is 1. The minimum atomic E-state index is -0.714. The SMILES string of the molecule is Cc1nn(-c2ccnc(Nc3ccc4c(c3)c(C(=O)C3CC3)cn4C)n2)cc1CN1C[C@@H](O)[C@@H](O)C1. The van der Waals surface area contributed by atoms with Crippen LogP contribution in [-0.2, 0) is 13.6 Å². The van der Waals surface area contributed by atoms with Gasteiger partial charge in [-0.15, -0.1) is 0 Å². The lowest BCUT2D eigenvalue weighted by Crippen LogP contribution is -2.22. The van der Waals surface area contributed by atoms with Crippen molar-refractivity contribution in [2.24, 2.45) is 13.0 Å². The molecular formula is C26H29N7O3. The molecule has 0 amide bonds. The molecule has 1 saturated carbocycles. The molecule has 4 heterocycles. The second-order valence-corrected chi connectivity index (χ2v) is 9.90. The number of hydrogen-bond donors (Lipinski definition) is 3. The van der Waals surface area contributed by atoms with Gasteiger partial charge in [-0.3, -0.25) is 9.69 Å². The number of aliphatic hydroxyl groups is 2. The van der Waals surface area contributed by atoms with Gasteiger partial charge in [0.05, 0.1) is 17.9 Å². The molecule has 10 nitrogen and oxygen atoms in total. The molecule has 0 spiro atoms. The fourth-order valence-corrected chi connectivity index (χ4v) is 4.88. The molecule has 36 heavy (non-hydrogen) atoms. The van der Waals surface area contributed by atoms with Gasteiger partial charge in [-0.2, -0.15) is 10.1 Å². The summed E-state index contributed by atoms with van der Waals surface area (Å²) in [4.78, 5) is 23.8. The third-order valence-corrected chi connectivity index (χ3v) is 7.06. The van der Waals surface area contributed by atoms with Crippen LogP contribution in [0.1, 0.15) is 34.5 Å². The average molecular weight is 488 g/mol. The minimum Gasteiger partial charge on any atom is -0.389 e. The third-order valence-electron chi connectivity index (χ3n) is 7.06. The average Bonchev–Trinajstić information content (AvgIpc) is 3.48. The van der Waals surface area contributed by atoms with E-state index in [1.807, 2.05) is 54.0 Å². The summed E-state index contributed by atoms with van der Waals surface area (Å²) in [5.74, 6) is 1.43. The van der Waals surface area contributed by atoms with E-state index in [4.69, 9.17) is 0 Å². The molecule has 0 radical (unpaired) electrons. The van der Waals surface area contributed by atoms with Gasteiger partial charge >= 0.3 is 0 Å². The highest BCUT2D eigenvalue weighted by Crippen LogP contribution is 2.36. The Balaban J connectivity index is 1.23. The topological polar surface area (TPSA) is 121 Å². The van der Waals surface area contributed by atoms with E-state index >= 15 is 0 Å². The van der Waals surface area contributed by atoms with Crippen molar-refractivity contribution < 1.29 is 15.0 Å². The van der Waals surface area contributed by atoms with E-state index in [-0.39, 0.29) is 11.7 Å². The molecule has 2 aliphatic rings. The number of aliphatic hydroxyl groups excluding tert-OH is 2. The van der Waals surface area contributed by atoms with Gasteiger partial charge in [0, 0.05) is 85.0 Å². The van der Waals surface area contributed by atoms with Gasteiger partial charge in [0.1, 0.15) is 0 Å². The first-order chi connectivity index (χ1) is 17.4. The maximum absolute atomic E-state index is 12.8. The molecule has 6 rings (SSSR count). The summed E-state index contributed by atoms with van der Waals surface area (Å²) < 4.78 is 3.71. The summed E-state index contributed by atoms with van der Waals surface area (Å²) >= 11 is 0. The van der Waals surface area contributed by atoms with Crippen molar-refractivity contribution in [3.63, 3.8) is 0 Å². The summed E-state index contributed by atoms with van der Waals surface area (Å²) in [7, 11) is 1.96. The number of benzene rings is 1. The van der Waals surface area contributed by atoms with E-state index in [0.29, 0.717) is 31.4 Å². The summed E-state index contributed by atoms with van der Waals surface area (Å²) in [6.07, 6.45) is 6.05. The first-order valence-electron chi connectivity index (χ1n) is 12.2. The molecule has 0 unspecified atom stereocenters. The van der Waals surface area contributed by atoms with E-state index in [9.17, 15) is 15.0 Å². The molecule has 1 aliphatic heterocycles. The summed E-state index contributed by atoms with van der Waals surface area (Å²) in [6, 6.07) is 7.73. The van der Waals surface area contributed by atoms with Gasteiger partial charge in [0.15, 0.2) is 11.6 Å². The van der Waals surface area contributed by atoms with Crippen LogP contribution in [0.4, 0.5) is 11.6 Å². The zero-order chi connectivity index (χ0) is 25.0. The lowest BCUT2D eigenvalue weighted by molar-refractivity contribution is 0.0572. The highest BCUT2D eigenvalue weighted by atomic mass is 16.3. The molecule has 1 aromatic carbocycles. The van der Waals surface area contributed by atoms with Crippen molar-refractivity contribution in [2.75, 3.05) is 18.4 Å². The molecule has 3 aromatic heterocycles. The van der Waals surface area contributed by atoms with Crippen LogP contribution in [0, 0.1) is 12.8 Å². The second kappa shape index (κ2) is 8.81. The number of nitrogens with one attached hydrogen (secondary N) is 1. The number of β-amino-alcohol motifs (C(OH)–C–C–N with tert-alkyl or cyclic N) is 2. The lowest BCUT2D eigenvalue weighted by Gasteiger charge is -2.13. The number of fused-ring (bicyclic) bond motifs is 1. The Labute approximate surface area is 208 Å². The Morgan fingerprint density at radius 2 is 1.92 bits per heavy atom. The van der Waals surface area contributed by atoms with Crippen LogP contribution in [0.25, 0.3) is 16.7 Å². The molecule has 1 saturated heterocycles. The molecular weight excluding hydrogens is 458 g/mol. The number of anilines is 2. The van der Waals surface area contributed by atoms with Crippen molar-refractivity contribution in [2.45, 2.75) is 38.5 Å². The summed E-state index contributed by atoms with van der Waals surface area (Å²) in [5, 5.41) is 28.5. The minimum absolute atomic E-state index is 0.162. The van der Waals surface area contributed by atoms with Gasteiger partial charge < -0.3 is 20.1 Å².